The summed E-state index contributed by atoms with van der Waals surface area (Å²) in [6, 6.07) is 7.16. The smallest absolute Gasteiger partial charge is 0.268 e. The van der Waals surface area contributed by atoms with Crippen LogP contribution in [0.1, 0.15) is 16.0 Å². The van der Waals surface area contributed by atoms with Gasteiger partial charge in [0.25, 0.3) is 5.91 Å². The number of carbonyl (C=O) groups excluding carboxylic acids is 1. The molecular weight excluding hydrogens is 405 g/mol. The highest BCUT2D eigenvalue weighted by molar-refractivity contribution is 7.15. The first-order valence-electron chi connectivity index (χ1n) is 7.75. The zero-order valence-electron chi connectivity index (χ0n) is 14.1. The molecule has 1 aromatic carbocycles. The summed E-state index contributed by atoms with van der Waals surface area (Å²) < 4.78 is 1.59. The Morgan fingerprint density at radius 1 is 1.41 bits per heavy atom. The molecule has 1 amide bonds. The molecule has 2 heterocycles. The van der Waals surface area contributed by atoms with E-state index in [2.05, 4.69) is 15.4 Å². The second-order valence-corrected chi connectivity index (χ2v) is 7.57. The van der Waals surface area contributed by atoms with Crippen LogP contribution in [0, 0.1) is 11.3 Å². The maximum atomic E-state index is 12.3. The predicted molar refractivity (Wildman–Crippen MR) is 107 cm³/mol. The van der Waals surface area contributed by atoms with E-state index in [-0.39, 0.29) is 5.57 Å². The van der Waals surface area contributed by atoms with E-state index in [0.717, 1.165) is 10.4 Å². The van der Waals surface area contributed by atoms with Gasteiger partial charge in [-0.2, -0.15) is 10.4 Å². The fourth-order valence-electron chi connectivity index (χ4n) is 2.31. The minimum Gasteiger partial charge on any atom is -0.297 e. The van der Waals surface area contributed by atoms with Crippen molar-refractivity contribution in [1.82, 2.24) is 14.8 Å². The molecule has 0 unspecified atom stereocenters. The van der Waals surface area contributed by atoms with Crippen LogP contribution in [0.5, 0.6) is 0 Å². The van der Waals surface area contributed by atoms with E-state index in [0.29, 0.717) is 27.2 Å². The predicted octanol–water partition coefficient (Wildman–Crippen LogP) is 4.32. The van der Waals surface area contributed by atoms with Crippen molar-refractivity contribution in [2.24, 2.45) is 7.05 Å². The molecule has 0 saturated carbocycles. The van der Waals surface area contributed by atoms with Crippen LogP contribution in [-0.4, -0.2) is 20.7 Å². The third-order valence-electron chi connectivity index (χ3n) is 3.55. The summed E-state index contributed by atoms with van der Waals surface area (Å²) in [7, 11) is 1.76. The lowest BCUT2D eigenvalue weighted by atomic mass is 10.1. The molecule has 0 atom stereocenters. The Kier molecular flexibility index (Phi) is 5.91. The van der Waals surface area contributed by atoms with Gasteiger partial charge >= 0.3 is 0 Å². The largest absolute Gasteiger partial charge is 0.297 e. The zero-order chi connectivity index (χ0) is 19.4. The van der Waals surface area contributed by atoms with Crippen molar-refractivity contribution >= 4 is 51.7 Å². The van der Waals surface area contributed by atoms with Gasteiger partial charge in [-0.15, -0.1) is 11.3 Å². The summed E-state index contributed by atoms with van der Waals surface area (Å²) in [5.74, 6) is -0.525. The lowest BCUT2D eigenvalue weighted by Gasteiger charge is -2.02. The average Bonchev–Trinajstić information content (AvgIpc) is 3.24. The van der Waals surface area contributed by atoms with Crippen molar-refractivity contribution in [3.63, 3.8) is 0 Å². The number of nitrogens with one attached hydrogen (secondary N) is 1. The van der Waals surface area contributed by atoms with Crippen molar-refractivity contribution in [2.75, 3.05) is 5.32 Å². The van der Waals surface area contributed by atoms with Crippen molar-refractivity contribution in [3.8, 4) is 6.07 Å². The Labute approximate surface area is 169 Å². The van der Waals surface area contributed by atoms with E-state index in [1.54, 1.807) is 48.5 Å². The molecule has 0 aliphatic heterocycles. The van der Waals surface area contributed by atoms with Crippen LogP contribution >= 0.6 is 34.5 Å². The summed E-state index contributed by atoms with van der Waals surface area (Å²) >= 11 is 13.5. The topological polar surface area (TPSA) is 83.6 Å². The Morgan fingerprint density at radius 3 is 2.93 bits per heavy atom. The average molecular weight is 418 g/mol. The maximum Gasteiger partial charge on any atom is 0.268 e. The molecule has 136 valence electrons. The summed E-state index contributed by atoms with van der Waals surface area (Å²) in [5, 5.41) is 17.5. The molecule has 9 heteroatoms. The van der Waals surface area contributed by atoms with E-state index in [9.17, 15) is 10.1 Å². The molecular formula is C18H13Cl2N5OS. The van der Waals surface area contributed by atoms with Crippen LogP contribution in [0.15, 0.2) is 42.4 Å². The minimum atomic E-state index is -0.525. The summed E-state index contributed by atoms with van der Waals surface area (Å²) in [6.07, 6.45) is 6.96. The number of hydrogen-bond acceptors (Lipinski definition) is 5. The SMILES string of the molecule is Cn1cc(/C=C(\C#N)C(=O)Nc2ncc(Cc3cc(Cl)ccc3Cl)s2)cn1. The lowest BCUT2D eigenvalue weighted by Crippen LogP contribution is -2.13. The van der Waals surface area contributed by atoms with Gasteiger partial charge in [-0.05, 0) is 29.8 Å². The highest BCUT2D eigenvalue weighted by Gasteiger charge is 2.13. The molecule has 27 heavy (non-hydrogen) atoms. The van der Waals surface area contributed by atoms with E-state index < -0.39 is 5.91 Å². The standard InChI is InChI=1S/C18H13Cl2N5OS/c1-25-10-11(8-23-25)4-13(7-21)17(26)24-18-22-9-15(27-18)6-12-5-14(19)2-3-16(12)20/h2-5,8-10H,6H2,1H3,(H,22,24,26)/b13-4+. The number of thiazole rings is 1. The fourth-order valence-corrected chi connectivity index (χ4v) is 3.52. The maximum absolute atomic E-state index is 12.3. The van der Waals surface area contributed by atoms with Gasteiger partial charge in [-0.25, -0.2) is 4.98 Å². The van der Waals surface area contributed by atoms with Gasteiger partial charge in [0.15, 0.2) is 5.13 Å². The van der Waals surface area contributed by atoms with Gasteiger partial charge < -0.3 is 0 Å². The van der Waals surface area contributed by atoms with Gasteiger partial charge in [0.05, 0.1) is 6.20 Å². The van der Waals surface area contributed by atoms with Gasteiger partial charge in [0.1, 0.15) is 11.6 Å². The summed E-state index contributed by atoms with van der Waals surface area (Å²) in [5.41, 5.74) is 1.51. The number of benzene rings is 1. The van der Waals surface area contributed by atoms with E-state index in [4.69, 9.17) is 23.2 Å². The fraction of sp³-hybridized carbons (Fsp3) is 0.111. The molecule has 0 spiro atoms. The van der Waals surface area contributed by atoms with Gasteiger partial charge in [-0.3, -0.25) is 14.8 Å². The number of rotatable bonds is 5. The molecule has 3 rings (SSSR count). The van der Waals surface area contributed by atoms with E-state index in [1.165, 1.54) is 17.4 Å². The van der Waals surface area contributed by atoms with Crippen LogP contribution in [0.2, 0.25) is 10.0 Å². The number of anilines is 1. The molecule has 2 aromatic heterocycles. The van der Waals surface area contributed by atoms with Crippen LogP contribution in [-0.2, 0) is 18.3 Å². The van der Waals surface area contributed by atoms with Crippen LogP contribution in [0.4, 0.5) is 5.13 Å². The lowest BCUT2D eigenvalue weighted by molar-refractivity contribution is -0.112. The molecule has 0 radical (unpaired) electrons. The molecule has 3 aromatic rings. The molecule has 0 bridgehead atoms. The number of carbonyl (C=O) groups is 1. The Balaban J connectivity index is 1.71. The molecule has 1 N–H and O–H groups in total. The normalized spacial score (nSPS) is 11.3. The molecule has 0 aliphatic rings. The van der Waals surface area contributed by atoms with Crippen molar-refractivity contribution in [2.45, 2.75) is 6.42 Å². The van der Waals surface area contributed by atoms with Gasteiger partial charge in [0, 0.05) is 46.3 Å². The van der Waals surface area contributed by atoms with Crippen molar-refractivity contribution in [1.29, 1.82) is 5.26 Å². The number of aromatic nitrogens is 3. The second kappa shape index (κ2) is 8.35. The highest BCUT2D eigenvalue weighted by Crippen LogP contribution is 2.27. The Hall–Kier alpha value is -2.66. The summed E-state index contributed by atoms with van der Waals surface area (Å²) in [6.45, 7) is 0. The zero-order valence-corrected chi connectivity index (χ0v) is 16.4. The van der Waals surface area contributed by atoms with Crippen molar-refractivity contribution in [3.05, 3.63) is 68.4 Å². The van der Waals surface area contributed by atoms with E-state index in [1.807, 2.05) is 6.07 Å². The minimum absolute atomic E-state index is 0.0300. The third-order valence-corrected chi connectivity index (χ3v) is 5.06. The number of halogens is 2. The first kappa shape index (κ1) is 19.1. The highest BCUT2D eigenvalue weighted by atomic mass is 35.5. The molecule has 0 fully saturated rings. The molecule has 6 nitrogen and oxygen atoms in total. The third kappa shape index (κ3) is 4.95. The van der Waals surface area contributed by atoms with Gasteiger partial charge in [0.2, 0.25) is 0 Å². The second-order valence-electron chi connectivity index (χ2n) is 5.62. The number of hydrogen-bond donors (Lipinski definition) is 1. The first-order chi connectivity index (χ1) is 12.9. The summed E-state index contributed by atoms with van der Waals surface area (Å²) in [4.78, 5) is 17.4. The Bertz CT molecular complexity index is 1060. The monoisotopic (exact) mass is 417 g/mol. The number of nitriles is 1. The van der Waals surface area contributed by atoms with Crippen LogP contribution < -0.4 is 5.32 Å². The van der Waals surface area contributed by atoms with Crippen molar-refractivity contribution < 1.29 is 4.79 Å². The van der Waals surface area contributed by atoms with E-state index >= 15 is 0 Å². The molecule has 0 aliphatic carbocycles. The van der Waals surface area contributed by atoms with Crippen LogP contribution in [0.25, 0.3) is 6.08 Å². The number of nitrogens with zero attached hydrogens (tertiary/aromatic N) is 4. The molecule has 0 saturated heterocycles. The van der Waals surface area contributed by atoms with Crippen LogP contribution in [0.3, 0.4) is 0 Å². The quantitative estimate of drug-likeness (QED) is 0.494. The number of aryl methyl sites for hydroxylation is 1. The van der Waals surface area contributed by atoms with Gasteiger partial charge in [-0.1, -0.05) is 23.2 Å². The number of amides is 1. The Morgan fingerprint density at radius 2 is 2.22 bits per heavy atom. The first-order valence-corrected chi connectivity index (χ1v) is 9.32.